The second-order valence-corrected chi connectivity index (χ2v) is 6.99. The highest BCUT2D eigenvalue weighted by atomic mass is 16.2. The van der Waals surface area contributed by atoms with Crippen molar-refractivity contribution in [2.75, 3.05) is 18.0 Å². The molecule has 2 heterocycles. The molecular weight excluding hydrogens is 342 g/mol. The Morgan fingerprint density at radius 1 is 1.11 bits per heavy atom. The lowest BCUT2D eigenvalue weighted by Crippen LogP contribution is -2.41. The monoisotopic (exact) mass is 367 g/mol. The number of benzene rings is 1. The molecule has 7 heteroatoms. The number of nitrogens with zero attached hydrogens (tertiary/aromatic N) is 3. The molecule has 0 radical (unpaired) electrons. The minimum atomic E-state index is -0.454. The van der Waals surface area contributed by atoms with E-state index in [4.69, 9.17) is 5.73 Å². The molecule has 3 rings (SSSR count). The van der Waals surface area contributed by atoms with E-state index in [0.29, 0.717) is 12.1 Å². The van der Waals surface area contributed by atoms with Gasteiger partial charge in [-0.25, -0.2) is 9.97 Å². The molecule has 0 saturated carbocycles. The van der Waals surface area contributed by atoms with Crippen LogP contribution >= 0.6 is 0 Å². The number of anilines is 1. The lowest BCUT2D eigenvalue weighted by Gasteiger charge is -2.31. The van der Waals surface area contributed by atoms with Crippen LogP contribution < -0.4 is 16.0 Å². The molecule has 0 bridgehead atoms. The highest BCUT2D eigenvalue weighted by molar-refractivity contribution is 5.92. The number of nitrogens with one attached hydrogen (secondary N) is 1. The van der Waals surface area contributed by atoms with E-state index >= 15 is 0 Å². The molecule has 27 heavy (non-hydrogen) atoms. The maximum atomic E-state index is 12.5. The van der Waals surface area contributed by atoms with Crippen LogP contribution in [0.5, 0.6) is 0 Å². The van der Waals surface area contributed by atoms with Gasteiger partial charge in [-0.05, 0) is 50.5 Å². The average Bonchev–Trinajstić information content (AvgIpc) is 2.66. The molecule has 7 nitrogen and oxygen atoms in total. The fourth-order valence-electron chi connectivity index (χ4n) is 3.31. The summed E-state index contributed by atoms with van der Waals surface area (Å²) in [6.07, 6.45) is 1.56. The Morgan fingerprint density at radius 2 is 1.70 bits per heavy atom. The fourth-order valence-corrected chi connectivity index (χ4v) is 3.31. The molecule has 0 atom stereocenters. The fraction of sp³-hybridized carbons (Fsp3) is 0.400. The Kier molecular flexibility index (Phi) is 5.69. The van der Waals surface area contributed by atoms with E-state index in [0.717, 1.165) is 48.8 Å². The minimum Gasteiger partial charge on any atom is -0.366 e. The molecule has 1 aliphatic heterocycles. The number of nitrogens with two attached hydrogens (primary N) is 1. The molecule has 1 aromatic heterocycles. The topological polar surface area (TPSA) is 101 Å². The van der Waals surface area contributed by atoms with E-state index in [9.17, 15) is 9.59 Å². The van der Waals surface area contributed by atoms with Gasteiger partial charge in [0.25, 0.3) is 0 Å². The first-order valence-corrected chi connectivity index (χ1v) is 9.16. The predicted molar refractivity (Wildman–Crippen MR) is 103 cm³/mol. The van der Waals surface area contributed by atoms with Crippen molar-refractivity contribution >= 4 is 17.8 Å². The zero-order valence-corrected chi connectivity index (χ0v) is 15.7. The summed E-state index contributed by atoms with van der Waals surface area (Å²) in [7, 11) is 0. The standard InChI is InChI=1S/C20H25N5O2/c1-13-11-14(2)24-20(23-13)25-9-7-17(8-10-25)19(27)22-12-15-3-5-16(6-4-15)18(21)26/h3-6,11,17H,7-10,12H2,1-2H3,(H2,21,26)(H,22,27). The minimum absolute atomic E-state index is 0.00273. The van der Waals surface area contributed by atoms with E-state index in [1.54, 1.807) is 24.3 Å². The summed E-state index contributed by atoms with van der Waals surface area (Å²) in [6.45, 7) is 5.92. The predicted octanol–water partition coefficient (Wildman–Crippen LogP) is 1.73. The quantitative estimate of drug-likeness (QED) is 0.838. The molecule has 0 unspecified atom stereocenters. The van der Waals surface area contributed by atoms with Crippen molar-refractivity contribution in [1.82, 2.24) is 15.3 Å². The van der Waals surface area contributed by atoms with Crippen molar-refractivity contribution in [1.29, 1.82) is 0 Å². The van der Waals surface area contributed by atoms with Gasteiger partial charge >= 0.3 is 0 Å². The molecular formula is C20H25N5O2. The number of piperidine rings is 1. The number of carbonyl (C=O) groups is 2. The van der Waals surface area contributed by atoms with E-state index in [1.807, 2.05) is 19.9 Å². The maximum absolute atomic E-state index is 12.5. The zero-order valence-electron chi connectivity index (χ0n) is 15.7. The summed E-state index contributed by atoms with van der Waals surface area (Å²) >= 11 is 0. The van der Waals surface area contributed by atoms with Crippen molar-refractivity contribution in [2.24, 2.45) is 11.7 Å². The molecule has 1 fully saturated rings. The Balaban J connectivity index is 1.50. The van der Waals surface area contributed by atoms with E-state index < -0.39 is 5.91 Å². The summed E-state index contributed by atoms with van der Waals surface area (Å²) in [5.41, 5.74) is 8.55. The van der Waals surface area contributed by atoms with Gasteiger partial charge in [0.1, 0.15) is 0 Å². The van der Waals surface area contributed by atoms with Gasteiger partial charge in [0.05, 0.1) is 0 Å². The lowest BCUT2D eigenvalue weighted by molar-refractivity contribution is -0.125. The maximum Gasteiger partial charge on any atom is 0.248 e. The molecule has 1 saturated heterocycles. The molecule has 142 valence electrons. The first kappa shape index (κ1) is 18.8. The first-order valence-electron chi connectivity index (χ1n) is 9.16. The Hall–Kier alpha value is -2.96. The highest BCUT2D eigenvalue weighted by Gasteiger charge is 2.26. The van der Waals surface area contributed by atoms with Crippen molar-refractivity contribution in [3.63, 3.8) is 0 Å². The second-order valence-electron chi connectivity index (χ2n) is 6.99. The molecule has 1 aliphatic rings. The third-order valence-corrected chi connectivity index (χ3v) is 4.82. The highest BCUT2D eigenvalue weighted by Crippen LogP contribution is 2.21. The number of amides is 2. The third-order valence-electron chi connectivity index (χ3n) is 4.82. The van der Waals surface area contributed by atoms with Gasteiger partial charge in [-0.15, -0.1) is 0 Å². The number of primary amides is 1. The van der Waals surface area contributed by atoms with Gasteiger partial charge in [0.15, 0.2) is 0 Å². The summed E-state index contributed by atoms with van der Waals surface area (Å²) < 4.78 is 0. The molecule has 2 amide bonds. The summed E-state index contributed by atoms with van der Waals surface area (Å²) in [5, 5.41) is 2.99. The van der Waals surface area contributed by atoms with Gasteiger partial charge in [-0.2, -0.15) is 0 Å². The molecule has 1 aromatic carbocycles. The van der Waals surface area contributed by atoms with Gasteiger partial charge in [0, 0.05) is 42.5 Å². The van der Waals surface area contributed by atoms with Crippen LogP contribution in [0, 0.1) is 19.8 Å². The van der Waals surface area contributed by atoms with Gasteiger partial charge < -0.3 is 16.0 Å². The van der Waals surface area contributed by atoms with Gasteiger partial charge in [-0.1, -0.05) is 12.1 Å². The number of carbonyl (C=O) groups excluding carboxylic acids is 2. The van der Waals surface area contributed by atoms with Gasteiger partial charge in [-0.3, -0.25) is 9.59 Å². The Bertz CT molecular complexity index is 807. The van der Waals surface area contributed by atoms with Crippen LogP contribution in [0.3, 0.4) is 0 Å². The summed E-state index contributed by atoms with van der Waals surface area (Å²) in [5.74, 6) is 0.359. The average molecular weight is 367 g/mol. The number of hydrogen-bond acceptors (Lipinski definition) is 5. The molecule has 3 N–H and O–H groups in total. The third kappa shape index (κ3) is 4.81. The van der Waals surface area contributed by atoms with E-state index in [2.05, 4.69) is 20.2 Å². The molecule has 2 aromatic rings. The number of aryl methyl sites for hydroxylation is 2. The van der Waals surface area contributed by atoms with Crippen LogP contribution in [0.15, 0.2) is 30.3 Å². The SMILES string of the molecule is Cc1cc(C)nc(N2CCC(C(=O)NCc3ccc(C(N)=O)cc3)CC2)n1. The van der Waals surface area contributed by atoms with Crippen molar-refractivity contribution < 1.29 is 9.59 Å². The van der Waals surface area contributed by atoms with Crippen LogP contribution in [-0.4, -0.2) is 34.9 Å². The smallest absolute Gasteiger partial charge is 0.248 e. The van der Waals surface area contributed by atoms with E-state index in [-0.39, 0.29) is 11.8 Å². The van der Waals surface area contributed by atoms with Gasteiger partial charge in [0.2, 0.25) is 17.8 Å². The van der Waals surface area contributed by atoms with Crippen LogP contribution in [0.4, 0.5) is 5.95 Å². The number of rotatable bonds is 5. The van der Waals surface area contributed by atoms with Crippen molar-refractivity contribution in [2.45, 2.75) is 33.2 Å². The number of aromatic nitrogens is 2. The second kappa shape index (κ2) is 8.16. The van der Waals surface area contributed by atoms with Crippen molar-refractivity contribution in [3.8, 4) is 0 Å². The first-order chi connectivity index (χ1) is 12.9. The molecule has 0 spiro atoms. The zero-order chi connectivity index (χ0) is 19.4. The van der Waals surface area contributed by atoms with Crippen LogP contribution in [0.2, 0.25) is 0 Å². The van der Waals surface area contributed by atoms with Crippen molar-refractivity contribution in [3.05, 3.63) is 52.8 Å². The van der Waals surface area contributed by atoms with Crippen LogP contribution in [-0.2, 0) is 11.3 Å². The Morgan fingerprint density at radius 3 is 2.26 bits per heavy atom. The van der Waals surface area contributed by atoms with E-state index in [1.165, 1.54) is 0 Å². The van der Waals surface area contributed by atoms with Crippen LogP contribution in [0.25, 0.3) is 0 Å². The largest absolute Gasteiger partial charge is 0.366 e. The molecule has 0 aliphatic carbocycles. The van der Waals surface area contributed by atoms with Crippen LogP contribution in [0.1, 0.15) is 40.2 Å². The normalized spacial score (nSPS) is 14.8. The summed E-state index contributed by atoms with van der Waals surface area (Å²) in [4.78, 5) is 34.7. The lowest BCUT2D eigenvalue weighted by atomic mass is 9.96. The summed E-state index contributed by atoms with van der Waals surface area (Å²) in [6, 6.07) is 8.92. The Labute approximate surface area is 159 Å². The number of hydrogen-bond donors (Lipinski definition) is 2.